The molecule has 0 spiro atoms. The molecule has 0 bridgehead atoms. The third-order valence-corrected chi connectivity index (χ3v) is 14.0. The Morgan fingerprint density at radius 1 is 0.279 bits per heavy atom. The second-order valence-electron chi connectivity index (χ2n) is 21.0. The van der Waals surface area contributed by atoms with E-state index in [0.29, 0.717) is 19.3 Å². The van der Waals surface area contributed by atoms with Crippen LogP contribution in [0.4, 0.5) is 0 Å². The van der Waals surface area contributed by atoms with Gasteiger partial charge in [0.15, 0.2) is 6.10 Å². The van der Waals surface area contributed by atoms with Gasteiger partial charge in [0.2, 0.25) is 0 Å². The predicted octanol–water partition coefficient (Wildman–Crippen LogP) is 20.5. The van der Waals surface area contributed by atoms with Crippen molar-refractivity contribution in [1.29, 1.82) is 0 Å². The molecule has 0 saturated heterocycles. The van der Waals surface area contributed by atoms with E-state index >= 15 is 0 Å². The van der Waals surface area contributed by atoms with E-state index in [1.807, 2.05) is 0 Å². The zero-order valence-electron chi connectivity index (χ0n) is 46.2. The number of carbonyl (C=O) groups is 3. The molecule has 68 heavy (non-hydrogen) atoms. The highest BCUT2D eigenvalue weighted by atomic mass is 16.6. The Kier molecular flexibility index (Phi) is 56.2. The van der Waals surface area contributed by atoms with E-state index in [2.05, 4.69) is 32.9 Å². The molecule has 1 atom stereocenters. The minimum atomic E-state index is -0.767. The van der Waals surface area contributed by atoms with Gasteiger partial charge in [-0.25, -0.2) is 0 Å². The molecule has 0 aromatic heterocycles. The summed E-state index contributed by atoms with van der Waals surface area (Å²) in [5.74, 6) is -0.856. The maximum Gasteiger partial charge on any atom is 0.306 e. The van der Waals surface area contributed by atoms with Crippen LogP contribution in [-0.2, 0) is 28.6 Å². The molecular weight excluding hydrogens is 841 g/mol. The van der Waals surface area contributed by atoms with Crippen LogP contribution in [0.5, 0.6) is 0 Å². The average molecular weight is 960 g/mol. The molecule has 0 fully saturated rings. The molecule has 0 heterocycles. The lowest BCUT2D eigenvalue weighted by Crippen LogP contribution is -2.30. The molecule has 6 nitrogen and oxygen atoms in total. The molecule has 6 heteroatoms. The summed E-state index contributed by atoms with van der Waals surface area (Å²) >= 11 is 0. The Bertz CT molecular complexity index is 1060. The Morgan fingerprint density at radius 3 is 0.794 bits per heavy atom. The molecule has 0 aromatic carbocycles. The van der Waals surface area contributed by atoms with Crippen LogP contribution in [0, 0.1) is 0 Å². The normalized spacial score (nSPS) is 12.0. The lowest BCUT2D eigenvalue weighted by molar-refractivity contribution is -0.167. The van der Waals surface area contributed by atoms with Crippen LogP contribution in [0.15, 0.2) is 12.2 Å². The zero-order chi connectivity index (χ0) is 49.3. The third kappa shape index (κ3) is 55.1. The summed E-state index contributed by atoms with van der Waals surface area (Å²) in [6, 6.07) is 0. The summed E-state index contributed by atoms with van der Waals surface area (Å²) in [4.78, 5) is 38.0. The van der Waals surface area contributed by atoms with Gasteiger partial charge in [-0.15, -0.1) is 0 Å². The fraction of sp³-hybridized carbons (Fsp3) is 0.919. The first-order valence-electron chi connectivity index (χ1n) is 30.7. The van der Waals surface area contributed by atoms with Gasteiger partial charge in [-0.3, -0.25) is 14.4 Å². The SMILES string of the molecule is CCC/C=C\CCCCCCCC(=O)OCC(COC(=O)CCCCCCCCCCCCCCCCCCCCCCCCCCCCCC)OC(=O)CCCCCCCCCCCCCC. The summed E-state index contributed by atoms with van der Waals surface area (Å²) < 4.78 is 16.8. The molecule has 0 aromatic rings. The van der Waals surface area contributed by atoms with Crippen LogP contribution in [0.25, 0.3) is 0 Å². The van der Waals surface area contributed by atoms with Gasteiger partial charge < -0.3 is 14.2 Å². The fourth-order valence-electron chi connectivity index (χ4n) is 9.39. The van der Waals surface area contributed by atoms with Crippen molar-refractivity contribution in [2.45, 2.75) is 354 Å². The van der Waals surface area contributed by atoms with Gasteiger partial charge in [0.25, 0.3) is 0 Å². The smallest absolute Gasteiger partial charge is 0.306 e. The predicted molar refractivity (Wildman–Crippen MR) is 293 cm³/mol. The summed E-state index contributed by atoms with van der Waals surface area (Å²) in [6.45, 7) is 6.62. The highest BCUT2D eigenvalue weighted by Gasteiger charge is 2.19. The molecule has 0 aliphatic heterocycles. The molecule has 0 aliphatic carbocycles. The number of rotatable bonds is 57. The van der Waals surface area contributed by atoms with Crippen LogP contribution in [-0.4, -0.2) is 37.2 Å². The molecule has 0 amide bonds. The van der Waals surface area contributed by atoms with Crippen LogP contribution in [0.1, 0.15) is 348 Å². The van der Waals surface area contributed by atoms with Gasteiger partial charge in [0, 0.05) is 19.3 Å². The number of carbonyl (C=O) groups excluding carboxylic acids is 3. The van der Waals surface area contributed by atoms with E-state index < -0.39 is 6.10 Å². The van der Waals surface area contributed by atoms with Crippen molar-refractivity contribution in [3.05, 3.63) is 12.2 Å². The topological polar surface area (TPSA) is 78.9 Å². The van der Waals surface area contributed by atoms with Crippen molar-refractivity contribution < 1.29 is 28.6 Å². The van der Waals surface area contributed by atoms with Crippen molar-refractivity contribution in [3.63, 3.8) is 0 Å². The maximum atomic E-state index is 12.8. The lowest BCUT2D eigenvalue weighted by atomic mass is 10.0. The van der Waals surface area contributed by atoms with Gasteiger partial charge in [-0.05, 0) is 38.5 Å². The minimum Gasteiger partial charge on any atom is -0.462 e. The van der Waals surface area contributed by atoms with Crippen molar-refractivity contribution in [1.82, 2.24) is 0 Å². The standard InChI is InChI=1S/C62H118O6/c1-4-7-10-13-16-19-22-24-25-26-27-28-29-30-31-32-33-34-35-36-37-38-39-41-43-46-49-52-55-61(64)67-58-59(57-66-60(63)54-51-48-45-42-21-18-15-12-9-6-3)68-62(65)56-53-50-47-44-40-23-20-17-14-11-8-5-2/h12,15,59H,4-11,13-14,16-58H2,1-3H3/b15-12-. The quantitative estimate of drug-likeness (QED) is 0.0262. The highest BCUT2D eigenvalue weighted by molar-refractivity contribution is 5.71. The lowest BCUT2D eigenvalue weighted by Gasteiger charge is -2.18. The summed E-state index contributed by atoms with van der Waals surface area (Å²) in [7, 11) is 0. The molecule has 1 unspecified atom stereocenters. The molecule has 402 valence electrons. The molecule has 0 rings (SSSR count). The summed E-state index contributed by atoms with van der Waals surface area (Å²) in [6.07, 6.45) is 66.7. The van der Waals surface area contributed by atoms with Gasteiger partial charge in [-0.2, -0.15) is 0 Å². The first-order valence-corrected chi connectivity index (χ1v) is 30.7. The Hall–Kier alpha value is -1.85. The van der Waals surface area contributed by atoms with E-state index in [4.69, 9.17) is 14.2 Å². The van der Waals surface area contributed by atoms with Crippen LogP contribution in [0.2, 0.25) is 0 Å². The van der Waals surface area contributed by atoms with Gasteiger partial charge >= 0.3 is 17.9 Å². The Balaban J connectivity index is 4.04. The van der Waals surface area contributed by atoms with E-state index in [1.165, 1.54) is 238 Å². The number of unbranched alkanes of at least 4 members (excludes halogenated alkanes) is 44. The largest absolute Gasteiger partial charge is 0.462 e. The summed E-state index contributed by atoms with van der Waals surface area (Å²) in [5, 5.41) is 0. The zero-order valence-corrected chi connectivity index (χ0v) is 46.2. The van der Waals surface area contributed by atoms with E-state index in [-0.39, 0.29) is 31.1 Å². The van der Waals surface area contributed by atoms with Gasteiger partial charge in [0.05, 0.1) is 0 Å². The van der Waals surface area contributed by atoms with Crippen molar-refractivity contribution in [2.24, 2.45) is 0 Å². The average Bonchev–Trinajstić information content (AvgIpc) is 3.34. The minimum absolute atomic E-state index is 0.0669. The Labute approximate surface area is 424 Å². The number of hydrogen-bond donors (Lipinski definition) is 0. The molecular formula is C62H118O6. The Morgan fingerprint density at radius 2 is 0.515 bits per heavy atom. The number of ether oxygens (including phenoxy) is 3. The van der Waals surface area contributed by atoms with Crippen LogP contribution < -0.4 is 0 Å². The number of hydrogen-bond acceptors (Lipinski definition) is 6. The van der Waals surface area contributed by atoms with Crippen LogP contribution >= 0.6 is 0 Å². The first-order chi connectivity index (χ1) is 33.5. The molecule has 0 saturated carbocycles. The third-order valence-electron chi connectivity index (χ3n) is 14.0. The molecule has 0 N–H and O–H groups in total. The first kappa shape index (κ1) is 66.2. The fourth-order valence-corrected chi connectivity index (χ4v) is 9.39. The molecule has 0 radical (unpaired) electrons. The number of esters is 3. The van der Waals surface area contributed by atoms with Crippen molar-refractivity contribution in [2.75, 3.05) is 13.2 Å². The van der Waals surface area contributed by atoms with Crippen LogP contribution in [0.3, 0.4) is 0 Å². The van der Waals surface area contributed by atoms with Gasteiger partial charge in [-0.1, -0.05) is 303 Å². The van der Waals surface area contributed by atoms with Crippen molar-refractivity contribution >= 4 is 17.9 Å². The van der Waals surface area contributed by atoms with Gasteiger partial charge in [0.1, 0.15) is 13.2 Å². The monoisotopic (exact) mass is 959 g/mol. The highest BCUT2D eigenvalue weighted by Crippen LogP contribution is 2.18. The summed E-state index contributed by atoms with van der Waals surface area (Å²) in [5.41, 5.74) is 0. The second kappa shape index (κ2) is 57.7. The maximum absolute atomic E-state index is 12.8. The molecule has 0 aliphatic rings. The van der Waals surface area contributed by atoms with Crippen molar-refractivity contribution in [3.8, 4) is 0 Å². The number of allylic oxidation sites excluding steroid dienone is 2. The van der Waals surface area contributed by atoms with E-state index in [9.17, 15) is 14.4 Å². The van der Waals surface area contributed by atoms with E-state index in [1.54, 1.807) is 0 Å². The van der Waals surface area contributed by atoms with E-state index in [0.717, 1.165) is 70.6 Å². The second-order valence-corrected chi connectivity index (χ2v) is 21.0.